The van der Waals surface area contributed by atoms with E-state index >= 15 is 0 Å². The third-order valence-electron chi connectivity index (χ3n) is 5.05. The summed E-state index contributed by atoms with van der Waals surface area (Å²) in [7, 11) is 1.80. The molecule has 4 rings (SSSR count). The Balaban J connectivity index is 1.65. The van der Waals surface area contributed by atoms with Gasteiger partial charge in [0.05, 0.1) is 0 Å². The van der Waals surface area contributed by atoms with Gasteiger partial charge in [-0.1, -0.05) is 37.3 Å². The second-order valence-corrected chi connectivity index (χ2v) is 6.79. The number of nitrogens with zero attached hydrogens (tertiary/aromatic N) is 1. The third kappa shape index (κ3) is 2.88. The largest absolute Gasteiger partial charge is 0.384 e. The average molecular weight is 345 g/mol. The number of anilines is 1. The minimum atomic E-state index is 0.0108. The van der Waals surface area contributed by atoms with E-state index in [4.69, 9.17) is 0 Å². The molecule has 132 valence electrons. The van der Waals surface area contributed by atoms with E-state index in [0.717, 1.165) is 23.2 Å². The van der Waals surface area contributed by atoms with E-state index in [1.54, 1.807) is 7.05 Å². The number of allylic oxidation sites excluding steroid dienone is 7. The number of nitrogens with one attached hydrogen (secondary N) is 2. The number of hydrogen-bond donors (Lipinski definition) is 2. The van der Waals surface area contributed by atoms with Crippen molar-refractivity contribution < 1.29 is 4.79 Å². The highest BCUT2D eigenvalue weighted by molar-refractivity contribution is 6.08. The Morgan fingerprint density at radius 1 is 1.31 bits per heavy atom. The zero-order chi connectivity index (χ0) is 18.1. The topological polar surface area (TPSA) is 48.1 Å². The van der Waals surface area contributed by atoms with Crippen LogP contribution in [-0.2, 0) is 11.2 Å². The van der Waals surface area contributed by atoms with Crippen molar-refractivity contribution in [3.63, 3.8) is 0 Å². The van der Waals surface area contributed by atoms with Crippen LogP contribution >= 0.6 is 0 Å². The maximum atomic E-state index is 13.2. The monoisotopic (exact) mass is 345 g/mol. The van der Waals surface area contributed by atoms with Gasteiger partial charge in [0, 0.05) is 36.4 Å². The molecule has 1 amide bonds. The Labute approximate surface area is 153 Å². The maximum Gasteiger partial charge on any atom is 0.274 e. The fourth-order valence-electron chi connectivity index (χ4n) is 3.63. The standard InChI is InChI=1S/C22H23N3O/c1-15-4-3-5-16(7-6-15)14-20(23-2)22(26)25-13-11-18-17-10-12-24-19(17)8-9-21(18)25/h3-10,12,14-15,23-24H,11,13H2,1-2H3/b20-14-. The van der Waals surface area contributed by atoms with Crippen LogP contribution in [0.4, 0.5) is 5.69 Å². The molecule has 0 radical (unpaired) electrons. The first kappa shape index (κ1) is 16.5. The molecule has 4 nitrogen and oxygen atoms in total. The molecule has 1 aliphatic carbocycles. The number of benzene rings is 1. The van der Waals surface area contributed by atoms with Gasteiger partial charge in [-0.3, -0.25) is 4.79 Å². The number of carbonyl (C=O) groups is 1. The summed E-state index contributed by atoms with van der Waals surface area (Å²) >= 11 is 0. The minimum absolute atomic E-state index is 0.0108. The molecule has 2 heterocycles. The van der Waals surface area contributed by atoms with Gasteiger partial charge in [0.1, 0.15) is 5.70 Å². The molecule has 1 atom stereocenters. The number of fused-ring (bicyclic) bond motifs is 3. The van der Waals surface area contributed by atoms with Crippen molar-refractivity contribution in [2.45, 2.75) is 13.3 Å². The molecule has 2 aliphatic rings. The molecule has 0 bridgehead atoms. The Hall–Kier alpha value is -3.01. The second kappa shape index (κ2) is 6.71. The molecule has 1 aromatic heterocycles. The van der Waals surface area contributed by atoms with Gasteiger partial charge in [-0.2, -0.15) is 0 Å². The summed E-state index contributed by atoms with van der Waals surface area (Å²) in [6.07, 6.45) is 15.2. The summed E-state index contributed by atoms with van der Waals surface area (Å²) in [4.78, 5) is 18.3. The number of aromatic nitrogens is 1. The molecule has 0 spiro atoms. The van der Waals surface area contributed by atoms with Crippen molar-refractivity contribution in [3.05, 3.63) is 77.7 Å². The summed E-state index contributed by atoms with van der Waals surface area (Å²) in [6.45, 7) is 2.85. The van der Waals surface area contributed by atoms with E-state index in [1.165, 1.54) is 10.9 Å². The third-order valence-corrected chi connectivity index (χ3v) is 5.05. The van der Waals surface area contributed by atoms with E-state index in [0.29, 0.717) is 18.2 Å². The lowest BCUT2D eigenvalue weighted by Crippen LogP contribution is -2.34. The van der Waals surface area contributed by atoms with Gasteiger partial charge in [0.15, 0.2) is 0 Å². The smallest absolute Gasteiger partial charge is 0.274 e. The van der Waals surface area contributed by atoms with Crippen molar-refractivity contribution in [2.24, 2.45) is 5.92 Å². The summed E-state index contributed by atoms with van der Waals surface area (Å²) in [5, 5.41) is 4.30. The van der Waals surface area contributed by atoms with E-state index in [-0.39, 0.29) is 5.91 Å². The highest BCUT2D eigenvalue weighted by Gasteiger charge is 2.28. The minimum Gasteiger partial charge on any atom is -0.384 e. The number of hydrogen-bond acceptors (Lipinski definition) is 2. The Kier molecular flexibility index (Phi) is 4.25. The van der Waals surface area contributed by atoms with Crippen LogP contribution in [0.5, 0.6) is 0 Å². The lowest BCUT2D eigenvalue weighted by Gasteiger charge is -2.19. The van der Waals surface area contributed by atoms with Crippen LogP contribution in [0.2, 0.25) is 0 Å². The van der Waals surface area contributed by atoms with Crippen molar-refractivity contribution in [1.29, 1.82) is 0 Å². The second-order valence-electron chi connectivity index (χ2n) is 6.79. The van der Waals surface area contributed by atoms with Crippen molar-refractivity contribution >= 4 is 22.5 Å². The number of carbonyl (C=O) groups excluding carboxylic acids is 1. The molecule has 0 saturated carbocycles. The lowest BCUT2D eigenvalue weighted by atomic mass is 10.1. The molecule has 2 N–H and O–H groups in total. The molecule has 1 aliphatic heterocycles. The number of amides is 1. The van der Waals surface area contributed by atoms with Gasteiger partial charge in [-0.05, 0) is 47.8 Å². The average Bonchev–Trinajstić information content (AvgIpc) is 3.23. The van der Waals surface area contributed by atoms with Gasteiger partial charge in [-0.25, -0.2) is 0 Å². The number of aromatic amines is 1. The molecule has 2 aromatic rings. The SMILES string of the molecule is CN/C(=C\C1=CC=CC(C)C=C1)C(=O)N1CCc2c1ccc1[nH]ccc21. The number of H-pyrrole nitrogens is 1. The van der Waals surface area contributed by atoms with Crippen molar-refractivity contribution in [1.82, 2.24) is 10.3 Å². The Morgan fingerprint density at radius 3 is 3.04 bits per heavy atom. The van der Waals surface area contributed by atoms with Crippen LogP contribution in [0.1, 0.15) is 12.5 Å². The lowest BCUT2D eigenvalue weighted by molar-refractivity contribution is -0.115. The molecule has 0 saturated heterocycles. The Morgan fingerprint density at radius 2 is 2.19 bits per heavy atom. The molecule has 1 unspecified atom stereocenters. The van der Waals surface area contributed by atoms with Gasteiger partial charge >= 0.3 is 0 Å². The van der Waals surface area contributed by atoms with Crippen LogP contribution in [0, 0.1) is 5.92 Å². The van der Waals surface area contributed by atoms with E-state index < -0.39 is 0 Å². The highest BCUT2D eigenvalue weighted by atomic mass is 16.2. The van der Waals surface area contributed by atoms with Crippen LogP contribution in [0.25, 0.3) is 10.9 Å². The zero-order valence-corrected chi connectivity index (χ0v) is 15.1. The highest BCUT2D eigenvalue weighted by Crippen LogP contribution is 2.34. The summed E-state index contributed by atoms with van der Waals surface area (Å²) in [6, 6.07) is 6.18. The fourth-order valence-corrected chi connectivity index (χ4v) is 3.63. The van der Waals surface area contributed by atoms with E-state index in [1.807, 2.05) is 41.5 Å². The summed E-state index contributed by atoms with van der Waals surface area (Å²) in [5.74, 6) is 0.414. The first-order chi connectivity index (χ1) is 12.7. The van der Waals surface area contributed by atoms with Crippen LogP contribution in [0.15, 0.2) is 72.1 Å². The van der Waals surface area contributed by atoms with Gasteiger partial charge in [0.25, 0.3) is 5.91 Å². The number of rotatable bonds is 3. The van der Waals surface area contributed by atoms with Crippen LogP contribution in [0.3, 0.4) is 0 Å². The molecule has 0 fully saturated rings. The summed E-state index contributed by atoms with van der Waals surface area (Å²) < 4.78 is 0. The van der Waals surface area contributed by atoms with Crippen molar-refractivity contribution in [3.8, 4) is 0 Å². The molecule has 26 heavy (non-hydrogen) atoms. The first-order valence-corrected chi connectivity index (χ1v) is 9.04. The summed E-state index contributed by atoms with van der Waals surface area (Å²) in [5.41, 5.74) is 5.01. The first-order valence-electron chi connectivity index (χ1n) is 9.04. The molecular weight excluding hydrogens is 322 g/mol. The van der Waals surface area contributed by atoms with Crippen molar-refractivity contribution in [2.75, 3.05) is 18.5 Å². The zero-order valence-electron chi connectivity index (χ0n) is 15.1. The van der Waals surface area contributed by atoms with E-state index in [2.05, 4.69) is 41.5 Å². The van der Waals surface area contributed by atoms with Crippen LogP contribution < -0.4 is 10.2 Å². The van der Waals surface area contributed by atoms with E-state index in [9.17, 15) is 4.79 Å². The predicted molar refractivity (Wildman–Crippen MR) is 107 cm³/mol. The fraction of sp³-hybridized carbons (Fsp3) is 0.227. The maximum absolute atomic E-state index is 13.2. The normalized spacial score (nSPS) is 19.5. The van der Waals surface area contributed by atoms with Gasteiger partial charge < -0.3 is 15.2 Å². The number of likely N-dealkylation sites (N-methyl/N-ethyl adjacent to an activating group) is 1. The molecule has 1 aromatic carbocycles. The predicted octanol–water partition coefficient (Wildman–Crippen LogP) is 3.85. The Bertz CT molecular complexity index is 974. The quantitative estimate of drug-likeness (QED) is 0.830. The molecule has 4 heteroatoms. The van der Waals surface area contributed by atoms with Gasteiger partial charge in [0.2, 0.25) is 0 Å². The van der Waals surface area contributed by atoms with Crippen LogP contribution in [-0.4, -0.2) is 24.5 Å². The van der Waals surface area contributed by atoms with Gasteiger partial charge in [-0.15, -0.1) is 0 Å². The molecular formula is C22H23N3O.